The SMILES string of the molecule is CCC(=O)OCOC(C)(C)c1ccc2c(ccc3c(-c4ccccc4)cccc32)c1. The molecule has 0 amide bonds. The average molecular weight is 399 g/mol. The molecule has 0 unspecified atom stereocenters. The molecule has 0 radical (unpaired) electrons. The van der Waals surface area contributed by atoms with Crippen molar-refractivity contribution in [1.82, 2.24) is 0 Å². The summed E-state index contributed by atoms with van der Waals surface area (Å²) in [7, 11) is 0. The van der Waals surface area contributed by atoms with Crippen LogP contribution in [0.4, 0.5) is 0 Å². The Morgan fingerprint density at radius 2 is 1.60 bits per heavy atom. The van der Waals surface area contributed by atoms with Crippen LogP contribution in [-0.4, -0.2) is 12.8 Å². The Morgan fingerprint density at radius 3 is 2.37 bits per heavy atom. The van der Waals surface area contributed by atoms with Gasteiger partial charge in [-0.2, -0.15) is 0 Å². The molecule has 0 aliphatic heterocycles. The van der Waals surface area contributed by atoms with E-state index in [-0.39, 0.29) is 12.8 Å². The number of benzene rings is 4. The van der Waals surface area contributed by atoms with Gasteiger partial charge in [0.15, 0.2) is 6.79 Å². The highest BCUT2D eigenvalue weighted by molar-refractivity contribution is 6.12. The van der Waals surface area contributed by atoms with Crippen LogP contribution >= 0.6 is 0 Å². The molecule has 3 nitrogen and oxygen atoms in total. The lowest BCUT2D eigenvalue weighted by atomic mass is 9.91. The van der Waals surface area contributed by atoms with Gasteiger partial charge in [-0.05, 0) is 58.1 Å². The van der Waals surface area contributed by atoms with Gasteiger partial charge in [0.1, 0.15) is 0 Å². The second-order valence-corrected chi connectivity index (χ2v) is 7.91. The van der Waals surface area contributed by atoms with Crippen molar-refractivity contribution in [2.75, 3.05) is 6.79 Å². The van der Waals surface area contributed by atoms with Gasteiger partial charge in [0, 0.05) is 6.42 Å². The van der Waals surface area contributed by atoms with Gasteiger partial charge >= 0.3 is 5.97 Å². The van der Waals surface area contributed by atoms with E-state index in [4.69, 9.17) is 9.47 Å². The Morgan fingerprint density at radius 1 is 0.833 bits per heavy atom. The molecule has 4 rings (SSSR count). The number of rotatable bonds is 6. The maximum Gasteiger partial charge on any atom is 0.307 e. The van der Waals surface area contributed by atoms with Crippen LogP contribution in [0.5, 0.6) is 0 Å². The fraction of sp³-hybridized carbons (Fsp3) is 0.222. The van der Waals surface area contributed by atoms with Crippen molar-refractivity contribution in [3.8, 4) is 11.1 Å². The molecule has 0 aliphatic carbocycles. The largest absolute Gasteiger partial charge is 0.438 e. The Hall–Kier alpha value is -3.17. The minimum absolute atomic E-state index is 0.0458. The van der Waals surface area contributed by atoms with E-state index in [1.807, 2.05) is 19.9 Å². The van der Waals surface area contributed by atoms with E-state index in [9.17, 15) is 4.79 Å². The molecule has 0 spiro atoms. The molecule has 30 heavy (non-hydrogen) atoms. The quantitative estimate of drug-likeness (QED) is 0.203. The maximum absolute atomic E-state index is 11.4. The Kier molecular flexibility index (Phi) is 5.56. The Balaban J connectivity index is 1.71. The first kappa shape index (κ1) is 20.1. The molecule has 0 fully saturated rings. The van der Waals surface area contributed by atoms with Crippen molar-refractivity contribution in [2.24, 2.45) is 0 Å². The molecule has 4 aromatic rings. The van der Waals surface area contributed by atoms with E-state index in [1.54, 1.807) is 6.92 Å². The zero-order chi connectivity index (χ0) is 21.1. The number of carbonyl (C=O) groups is 1. The monoisotopic (exact) mass is 398 g/mol. The predicted octanol–water partition coefficient (Wildman–Crippen LogP) is 6.82. The van der Waals surface area contributed by atoms with Crippen LogP contribution in [0.1, 0.15) is 32.8 Å². The standard InChI is InChI=1S/C27H26O3/c1-4-26(28)29-18-30-27(2,3)21-14-16-23-20(17-21)13-15-25-22(11-8-12-24(23)25)19-9-6-5-7-10-19/h5-17H,4,18H2,1-3H3. The van der Waals surface area contributed by atoms with Crippen molar-refractivity contribution >= 4 is 27.5 Å². The first-order valence-corrected chi connectivity index (χ1v) is 10.3. The third-order valence-corrected chi connectivity index (χ3v) is 5.59. The van der Waals surface area contributed by atoms with Crippen LogP contribution in [0.15, 0.2) is 78.9 Å². The molecule has 0 N–H and O–H groups in total. The normalized spacial score (nSPS) is 11.7. The van der Waals surface area contributed by atoms with Gasteiger partial charge in [-0.1, -0.05) is 79.7 Å². The van der Waals surface area contributed by atoms with Crippen LogP contribution in [0.25, 0.3) is 32.7 Å². The maximum atomic E-state index is 11.4. The van der Waals surface area contributed by atoms with Gasteiger partial charge in [-0.25, -0.2) is 0 Å². The van der Waals surface area contributed by atoms with Crippen LogP contribution in [0.3, 0.4) is 0 Å². The fourth-order valence-corrected chi connectivity index (χ4v) is 3.77. The predicted molar refractivity (Wildman–Crippen MR) is 122 cm³/mol. The third kappa shape index (κ3) is 3.94. The summed E-state index contributed by atoms with van der Waals surface area (Å²) >= 11 is 0. The van der Waals surface area contributed by atoms with E-state index in [0.717, 1.165) is 10.9 Å². The molecule has 0 aromatic heterocycles. The fourth-order valence-electron chi connectivity index (χ4n) is 3.77. The summed E-state index contributed by atoms with van der Waals surface area (Å²) in [5.74, 6) is -0.259. The summed E-state index contributed by atoms with van der Waals surface area (Å²) in [6.07, 6.45) is 0.345. The van der Waals surface area contributed by atoms with E-state index in [1.165, 1.54) is 27.3 Å². The smallest absolute Gasteiger partial charge is 0.307 e. The molecule has 0 atom stereocenters. The second-order valence-electron chi connectivity index (χ2n) is 7.91. The van der Waals surface area contributed by atoms with Crippen LogP contribution in [-0.2, 0) is 19.9 Å². The number of esters is 1. The lowest BCUT2D eigenvalue weighted by Gasteiger charge is -2.26. The second kappa shape index (κ2) is 8.29. The summed E-state index contributed by atoms with van der Waals surface area (Å²) in [6, 6.07) is 27.7. The summed E-state index contributed by atoms with van der Waals surface area (Å²) < 4.78 is 10.9. The van der Waals surface area contributed by atoms with Gasteiger partial charge in [0.05, 0.1) is 5.60 Å². The van der Waals surface area contributed by atoms with E-state index >= 15 is 0 Å². The van der Waals surface area contributed by atoms with Gasteiger partial charge in [-0.15, -0.1) is 0 Å². The summed E-state index contributed by atoms with van der Waals surface area (Å²) in [5.41, 5.74) is 2.93. The number of hydrogen-bond donors (Lipinski definition) is 0. The number of ether oxygens (including phenoxy) is 2. The van der Waals surface area contributed by atoms with Crippen LogP contribution < -0.4 is 0 Å². The topological polar surface area (TPSA) is 35.5 Å². The first-order valence-electron chi connectivity index (χ1n) is 10.3. The first-order chi connectivity index (χ1) is 14.5. The summed E-state index contributed by atoms with van der Waals surface area (Å²) in [4.78, 5) is 11.4. The van der Waals surface area contributed by atoms with Crippen LogP contribution in [0.2, 0.25) is 0 Å². The van der Waals surface area contributed by atoms with Crippen LogP contribution in [0, 0.1) is 0 Å². The summed E-state index contributed by atoms with van der Waals surface area (Å²) in [6.45, 7) is 5.70. The highest BCUT2D eigenvalue weighted by Gasteiger charge is 2.22. The molecule has 0 saturated heterocycles. The highest BCUT2D eigenvalue weighted by atomic mass is 16.7. The summed E-state index contributed by atoms with van der Waals surface area (Å²) in [5, 5.41) is 4.84. The van der Waals surface area contributed by atoms with Crippen molar-refractivity contribution in [1.29, 1.82) is 0 Å². The van der Waals surface area contributed by atoms with Crippen molar-refractivity contribution < 1.29 is 14.3 Å². The van der Waals surface area contributed by atoms with E-state index in [2.05, 4.69) is 72.8 Å². The molecule has 0 saturated carbocycles. The van der Waals surface area contributed by atoms with E-state index in [0.29, 0.717) is 6.42 Å². The number of fused-ring (bicyclic) bond motifs is 3. The zero-order valence-corrected chi connectivity index (χ0v) is 17.6. The average Bonchev–Trinajstić information content (AvgIpc) is 2.78. The van der Waals surface area contributed by atoms with Gasteiger partial charge in [-0.3, -0.25) is 4.79 Å². The van der Waals surface area contributed by atoms with Crippen molar-refractivity contribution in [2.45, 2.75) is 32.8 Å². The Bertz CT molecular complexity index is 1190. The minimum Gasteiger partial charge on any atom is -0.438 e. The molecule has 0 aliphatic rings. The highest BCUT2D eigenvalue weighted by Crippen LogP contribution is 2.35. The number of carbonyl (C=O) groups excluding carboxylic acids is 1. The molecular weight excluding hydrogens is 372 g/mol. The van der Waals surface area contributed by atoms with E-state index < -0.39 is 5.60 Å². The molecule has 152 valence electrons. The molecule has 0 heterocycles. The Labute approximate surface area is 177 Å². The zero-order valence-electron chi connectivity index (χ0n) is 17.6. The lowest BCUT2D eigenvalue weighted by Crippen LogP contribution is -2.24. The number of hydrogen-bond acceptors (Lipinski definition) is 3. The van der Waals surface area contributed by atoms with Gasteiger partial charge in [0.25, 0.3) is 0 Å². The van der Waals surface area contributed by atoms with Crippen molar-refractivity contribution in [3.63, 3.8) is 0 Å². The molecular formula is C27H26O3. The molecule has 0 bridgehead atoms. The third-order valence-electron chi connectivity index (χ3n) is 5.59. The van der Waals surface area contributed by atoms with Gasteiger partial charge < -0.3 is 9.47 Å². The molecule has 4 aromatic carbocycles. The van der Waals surface area contributed by atoms with Crippen molar-refractivity contribution in [3.05, 3.63) is 84.4 Å². The van der Waals surface area contributed by atoms with Gasteiger partial charge in [0.2, 0.25) is 0 Å². The lowest BCUT2D eigenvalue weighted by molar-refractivity contribution is -0.169. The molecule has 3 heteroatoms. The minimum atomic E-state index is -0.566.